The Morgan fingerprint density at radius 1 is 1.43 bits per heavy atom. The van der Waals surface area contributed by atoms with E-state index in [1.165, 1.54) is 7.11 Å². The first-order valence-corrected chi connectivity index (χ1v) is 5.16. The van der Waals surface area contributed by atoms with Crippen LogP contribution in [0.3, 0.4) is 0 Å². The predicted molar refractivity (Wildman–Crippen MR) is 57.9 cm³/mol. The van der Waals surface area contributed by atoms with Gasteiger partial charge in [0.25, 0.3) is 0 Å². The van der Waals surface area contributed by atoms with Crippen LogP contribution in [0, 0.1) is 6.92 Å². The van der Waals surface area contributed by atoms with Gasteiger partial charge in [-0.1, -0.05) is 6.07 Å². The summed E-state index contributed by atoms with van der Waals surface area (Å²) in [5.41, 5.74) is 1.74. The van der Waals surface area contributed by atoms with Crippen molar-refractivity contribution >= 4 is 27.4 Å². The summed E-state index contributed by atoms with van der Waals surface area (Å²) in [7, 11) is 1.41. The molecule has 0 saturated carbocycles. The summed E-state index contributed by atoms with van der Waals surface area (Å²) in [5, 5.41) is 3.09. The number of fused-ring (bicyclic) bond motifs is 1. The zero-order valence-corrected chi connectivity index (χ0v) is 8.85. The lowest BCUT2D eigenvalue weighted by molar-refractivity contribution is 0.0603. The van der Waals surface area contributed by atoms with Crippen molar-refractivity contribution in [3.8, 4) is 0 Å². The average Bonchev–Trinajstić information content (AvgIpc) is 2.62. The molecule has 0 atom stereocenters. The normalized spacial score (nSPS) is 10.4. The maximum absolute atomic E-state index is 11.5. The van der Waals surface area contributed by atoms with Crippen LogP contribution in [0.1, 0.15) is 15.9 Å². The summed E-state index contributed by atoms with van der Waals surface area (Å²) in [4.78, 5) is 11.5. The highest BCUT2D eigenvalue weighted by molar-refractivity contribution is 7.17. The second-order valence-corrected chi connectivity index (χ2v) is 4.06. The van der Waals surface area contributed by atoms with Crippen LogP contribution in [0.4, 0.5) is 0 Å². The van der Waals surface area contributed by atoms with Gasteiger partial charge in [-0.05, 0) is 35.4 Å². The fourth-order valence-electron chi connectivity index (χ4n) is 1.49. The lowest BCUT2D eigenvalue weighted by atomic mass is 10.1. The minimum Gasteiger partial charge on any atom is -0.465 e. The van der Waals surface area contributed by atoms with Crippen molar-refractivity contribution < 1.29 is 9.53 Å². The Morgan fingerprint density at radius 2 is 2.21 bits per heavy atom. The van der Waals surface area contributed by atoms with E-state index in [1.54, 1.807) is 11.3 Å². The molecule has 1 aromatic carbocycles. The highest BCUT2D eigenvalue weighted by atomic mass is 32.1. The molecule has 0 radical (unpaired) electrons. The molecule has 2 nitrogen and oxygen atoms in total. The number of ether oxygens (including phenoxy) is 1. The fraction of sp³-hybridized carbons (Fsp3) is 0.182. The first kappa shape index (κ1) is 9.21. The van der Waals surface area contributed by atoms with E-state index in [9.17, 15) is 4.79 Å². The number of carbonyl (C=O) groups excluding carboxylic acids is 1. The van der Waals surface area contributed by atoms with E-state index in [0.717, 1.165) is 15.6 Å². The molecule has 2 rings (SSSR count). The summed E-state index contributed by atoms with van der Waals surface area (Å²) < 4.78 is 5.74. The van der Waals surface area contributed by atoms with E-state index < -0.39 is 0 Å². The van der Waals surface area contributed by atoms with Crippen molar-refractivity contribution in [1.82, 2.24) is 0 Å². The van der Waals surface area contributed by atoms with Crippen LogP contribution >= 0.6 is 11.3 Å². The number of esters is 1. The maximum atomic E-state index is 11.5. The number of thiophene rings is 1. The molecule has 0 bridgehead atoms. The van der Waals surface area contributed by atoms with E-state index in [2.05, 4.69) is 6.07 Å². The van der Waals surface area contributed by atoms with Gasteiger partial charge in [-0.2, -0.15) is 0 Å². The molecule has 0 N–H and O–H groups in total. The van der Waals surface area contributed by atoms with E-state index in [0.29, 0.717) is 5.56 Å². The van der Waals surface area contributed by atoms with Gasteiger partial charge in [-0.25, -0.2) is 4.79 Å². The second kappa shape index (κ2) is 3.42. The summed E-state index contributed by atoms with van der Waals surface area (Å²) in [6.07, 6.45) is 0. The van der Waals surface area contributed by atoms with Gasteiger partial charge in [0, 0.05) is 4.70 Å². The van der Waals surface area contributed by atoms with Crippen LogP contribution in [-0.4, -0.2) is 13.1 Å². The van der Waals surface area contributed by atoms with Crippen molar-refractivity contribution in [2.24, 2.45) is 0 Å². The van der Waals surface area contributed by atoms with Gasteiger partial charge >= 0.3 is 5.97 Å². The van der Waals surface area contributed by atoms with Crippen molar-refractivity contribution in [1.29, 1.82) is 0 Å². The number of aryl methyl sites for hydroxylation is 1. The van der Waals surface area contributed by atoms with Gasteiger partial charge in [-0.3, -0.25) is 0 Å². The van der Waals surface area contributed by atoms with Gasteiger partial charge < -0.3 is 4.74 Å². The molecule has 1 aromatic heterocycles. The summed E-state index contributed by atoms with van der Waals surface area (Å²) in [6, 6.07) is 5.95. The molecular weight excluding hydrogens is 196 g/mol. The Morgan fingerprint density at radius 3 is 2.93 bits per heavy atom. The first-order chi connectivity index (χ1) is 6.72. The number of methoxy groups -OCH3 is 1. The molecule has 72 valence electrons. The van der Waals surface area contributed by atoms with Crippen molar-refractivity contribution in [3.05, 3.63) is 34.7 Å². The van der Waals surface area contributed by atoms with E-state index in [1.807, 2.05) is 24.4 Å². The van der Waals surface area contributed by atoms with Crippen LogP contribution in [-0.2, 0) is 4.74 Å². The van der Waals surface area contributed by atoms with E-state index in [4.69, 9.17) is 4.74 Å². The number of carbonyl (C=O) groups is 1. The number of benzene rings is 1. The SMILES string of the molecule is COC(=O)c1cc(C)cc2ccsc12. The van der Waals surface area contributed by atoms with Crippen molar-refractivity contribution in [2.75, 3.05) is 7.11 Å². The number of rotatable bonds is 1. The molecule has 0 amide bonds. The Bertz CT molecular complexity index is 485. The minimum atomic E-state index is -0.263. The van der Waals surface area contributed by atoms with Gasteiger partial charge in [0.05, 0.1) is 12.7 Å². The van der Waals surface area contributed by atoms with Gasteiger partial charge in [0.15, 0.2) is 0 Å². The zero-order chi connectivity index (χ0) is 10.1. The number of hydrogen-bond acceptors (Lipinski definition) is 3. The zero-order valence-electron chi connectivity index (χ0n) is 8.03. The molecule has 0 unspecified atom stereocenters. The van der Waals surface area contributed by atoms with Crippen molar-refractivity contribution in [3.63, 3.8) is 0 Å². The summed E-state index contributed by atoms with van der Waals surface area (Å²) in [6.45, 7) is 1.98. The average molecular weight is 206 g/mol. The van der Waals surface area contributed by atoms with Crippen LogP contribution in [0.15, 0.2) is 23.6 Å². The third kappa shape index (κ3) is 1.40. The van der Waals surface area contributed by atoms with Gasteiger partial charge in [-0.15, -0.1) is 11.3 Å². The molecule has 0 aliphatic rings. The second-order valence-electron chi connectivity index (χ2n) is 3.14. The molecule has 14 heavy (non-hydrogen) atoms. The van der Waals surface area contributed by atoms with Crippen molar-refractivity contribution in [2.45, 2.75) is 6.92 Å². The molecular formula is C11H10O2S. The standard InChI is InChI=1S/C11H10O2S/c1-7-5-8-3-4-14-10(8)9(6-7)11(12)13-2/h3-6H,1-2H3. The van der Waals surface area contributed by atoms with Crippen LogP contribution in [0.5, 0.6) is 0 Å². The molecule has 2 aromatic rings. The molecule has 0 aliphatic heterocycles. The van der Waals surface area contributed by atoms with Gasteiger partial charge in [0.2, 0.25) is 0 Å². The summed E-state index contributed by atoms with van der Waals surface area (Å²) in [5.74, 6) is -0.263. The smallest absolute Gasteiger partial charge is 0.339 e. The van der Waals surface area contributed by atoms with E-state index >= 15 is 0 Å². The largest absolute Gasteiger partial charge is 0.465 e. The minimum absolute atomic E-state index is 0.263. The van der Waals surface area contributed by atoms with E-state index in [-0.39, 0.29) is 5.97 Å². The Labute approximate surface area is 86.1 Å². The maximum Gasteiger partial charge on any atom is 0.339 e. The summed E-state index contributed by atoms with van der Waals surface area (Å²) >= 11 is 1.57. The lowest BCUT2D eigenvalue weighted by Gasteiger charge is -2.02. The Balaban J connectivity index is 2.72. The van der Waals surface area contributed by atoms with Crippen LogP contribution in [0.2, 0.25) is 0 Å². The molecule has 1 heterocycles. The molecule has 0 aliphatic carbocycles. The Hall–Kier alpha value is -1.35. The third-order valence-corrected chi connectivity index (χ3v) is 3.06. The quantitative estimate of drug-likeness (QED) is 0.670. The monoisotopic (exact) mass is 206 g/mol. The predicted octanol–water partition coefficient (Wildman–Crippen LogP) is 3.00. The fourth-order valence-corrected chi connectivity index (χ4v) is 2.38. The first-order valence-electron chi connectivity index (χ1n) is 4.28. The van der Waals surface area contributed by atoms with Crippen LogP contribution < -0.4 is 0 Å². The lowest BCUT2D eigenvalue weighted by Crippen LogP contribution is -2.01. The topological polar surface area (TPSA) is 26.3 Å². The number of hydrogen-bond donors (Lipinski definition) is 0. The molecule has 3 heteroatoms. The Kier molecular flexibility index (Phi) is 2.25. The highest BCUT2D eigenvalue weighted by Gasteiger charge is 2.11. The molecule has 0 fully saturated rings. The highest BCUT2D eigenvalue weighted by Crippen LogP contribution is 2.26. The molecule has 0 saturated heterocycles. The van der Waals surface area contributed by atoms with Gasteiger partial charge in [0.1, 0.15) is 0 Å². The van der Waals surface area contributed by atoms with Crippen LogP contribution in [0.25, 0.3) is 10.1 Å². The third-order valence-electron chi connectivity index (χ3n) is 2.10. The molecule has 0 spiro atoms.